The summed E-state index contributed by atoms with van der Waals surface area (Å²) in [6.07, 6.45) is 1.19. The number of ketones is 1. The number of aryl methyl sites for hydroxylation is 3. The fourth-order valence-corrected chi connectivity index (χ4v) is 9.43. The van der Waals surface area contributed by atoms with Crippen LogP contribution in [-0.2, 0) is 29.6 Å². The highest BCUT2D eigenvalue weighted by Gasteiger charge is 2.69. The molecule has 2 bridgehead atoms. The first-order valence-corrected chi connectivity index (χ1v) is 14.1. The third-order valence-electron chi connectivity index (χ3n) is 7.89. The summed E-state index contributed by atoms with van der Waals surface area (Å²) >= 11 is 0. The number of amides is 1. The van der Waals surface area contributed by atoms with Crippen LogP contribution < -0.4 is 14.9 Å². The number of benzene rings is 1. The standard InChI is InChI=1S/C22H33N3O7S2/c1-12-9-13(2)17(14(3)10-12)34(31,32)25-16(20(27)24-28)11-23-33(29,30)18-15-7-8-22(6,19(18)26)21(15,4)5/h9-10,15-16,18,23,25,28H,7-8,11H2,1-6H3,(H,24,27). The largest absolute Gasteiger partial charge is 0.298 e. The van der Waals surface area contributed by atoms with Gasteiger partial charge >= 0.3 is 0 Å². The van der Waals surface area contributed by atoms with Gasteiger partial charge in [-0.25, -0.2) is 27.0 Å². The second-order valence-electron chi connectivity index (χ2n) is 10.3. The van der Waals surface area contributed by atoms with Crippen LogP contribution in [0.2, 0.25) is 0 Å². The van der Waals surface area contributed by atoms with Gasteiger partial charge in [0.2, 0.25) is 20.0 Å². The molecule has 1 aromatic rings. The lowest BCUT2D eigenvalue weighted by molar-refractivity contribution is -0.130. The summed E-state index contributed by atoms with van der Waals surface area (Å²) in [7, 11) is -8.47. The highest BCUT2D eigenvalue weighted by atomic mass is 32.2. The summed E-state index contributed by atoms with van der Waals surface area (Å²) in [5, 5.41) is 7.84. The number of carbonyl (C=O) groups excluding carboxylic acids is 2. The zero-order chi connectivity index (χ0) is 25.9. The zero-order valence-corrected chi connectivity index (χ0v) is 21.9. The van der Waals surface area contributed by atoms with Crippen molar-refractivity contribution in [3.05, 3.63) is 28.8 Å². The van der Waals surface area contributed by atoms with Crippen molar-refractivity contribution in [3.63, 3.8) is 0 Å². The summed E-state index contributed by atoms with van der Waals surface area (Å²) in [5.41, 5.74) is 1.87. The van der Waals surface area contributed by atoms with Gasteiger partial charge in [-0.15, -0.1) is 0 Å². The fourth-order valence-electron chi connectivity index (χ4n) is 5.75. The van der Waals surface area contributed by atoms with E-state index in [1.54, 1.807) is 32.9 Å². The van der Waals surface area contributed by atoms with E-state index in [-0.39, 0.29) is 16.6 Å². The molecule has 190 valence electrons. The minimum atomic E-state index is -4.25. The maximum absolute atomic E-state index is 13.2. The van der Waals surface area contributed by atoms with Crippen molar-refractivity contribution in [1.82, 2.24) is 14.9 Å². The van der Waals surface area contributed by atoms with E-state index >= 15 is 0 Å². The molecule has 10 nitrogen and oxygen atoms in total. The van der Waals surface area contributed by atoms with Gasteiger partial charge < -0.3 is 0 Å². The summed E-state index contributed by atoms with van der Waals surface area (Å²) in [5.74, 6) is -1.89. The molecule has 1 aromatic carbocycles. The number of nitrogens with one attached hydrogen (secondary N) is 3. The Labute approximate surface area is 201 Å². The van der Waals surface area contributed by atoms with E-state index in [9.17, 15) is 26.4 Å². The van der Waals surface area contributed by atoms with Crippen LogP contribution in [0.3, 0.4) is 0 Å². The van der Waals surface area contributed by atoms with E-state index in [0.717, 1.165) is 5.56 Å². The Morgan fingerprint density at radius 3 is 2.15 bits per heavy atom. The monoisotopic (exact) mass is 515 g/mol. The number of carbonyl (C=O) groups is 2. The topological polar surface area (TPSA) is 159 Å². The number of hydrogen-bond donors (Lipinski definition) is 4. The van der Waals surface area contributed by atoms with Crippen molar-refractivity contribution in [3.8, 4) is 0 Å². The molecule has 0 saturated heterocycles. The Morgan fingerprint density at radius 2 is 1.68 bits per heavy atom. The molecule has 0 aromatic heterocycles. The second kappa shape index (κ2) is 8.66. The average molecular weight is 516 g/mol. The van der Waals surface area contributed by atoms with Gasteiger partial charge in [-0.3, -0.25) is 14.8 Å². The van der Waals surface area contributed by atoms with Crippen LogP contribution in [0, 0.1) is 37.5 Å². The number of rotatable bonds is 8. The molecule has 2 saturated carbocycles. The molecular weight excluding hydrogens is 482 g/mol. The molecule has 4 atom stereocenters. The van der Waals surface area contributed by atoms with Crippen LogP contribution in [-0.4, -0.2) is 51.6 Å². The molecule has 2 fully saturated rings. The maximum Gasteiger partial charge on any atom is 0.262 e. The summed E-state index contributed by atoms with van der Waals surface area (Å²) in [4.78, 5) is 25.3. The normalized spacial score (nSPS) is 27.1. The molecule has 34 heavy (non-hydrogen) atoms. The van der Waals surface area contributed by atoms with E-state index < -0.39 is 54.6 Å². The molecule has 0 spiro atoms. The third kappa shape index (κ3) is 4.19. The van der Waals surface area contributed by atoms with E-state index in [1.807, 2.05) is 20.8 Å². The first-order chi connectivity index (χ1) is 15.5. The highest BCUT2D eigenvalue weighted by Crippen LogP contribution is 2.64. The lowest BCUT2D eigenvalue weighted by Crippen LogP contribution is -2.54. The molecule has 0 aliphatic heterocycles. The lowest BCUT2D eigenvalue weighted by atomic mass is 9.70. The summed E-state index contributed by atoms with van der Waals surface area (Å²) in [6.45, 7) is 9.93. The van der Waals surface area contributed by atoms with Crippen molar-refractivity contribution in [2.24, 2.45) is 16.7 Å². The van der Waals surface area contributed by atoms with E-state index in [0.29, 0.717) is 24.0 Å². The Hall–Kier alpha value is -1.86. The van der Waals surface area contributed by atoms with E-state index in [2.05, 4.69) is 9.44 Å². The molecule has 3 rings (SSSR count). The van der Waals surface area contributed by atoms with Gasteiger partial charge in [0, 0.05) is 12.0 Å². The van der Waals surface area contributed by atoms with Crippen molar-refractivity contribution in [1.29, 1.82) is 0 Å². The molecule has 0 heterocycles. The summed E-state index contributed by atoms with van der Waals surface area (Å²) < 4.78 is 56.9. The van der Waals surface area contributed by atoms with Gasteiger partial charge in [-0.1, -0.05) is 38.5 Å². The van der Waals surface area contributed by atoms with Crippen LogP contribution in [0.25, 0.3) is 0 Å². The quantitative estimate of drug-likeness (QED) is 0.298. The minimum Gasteiger partial charge on any atom is -0.298 e. The molecule has 0 radical (unpaired) electrons. The molecule has 2 aliphatic carbocycles. The third-order valence-corrected chi connectivity index (χ3v) is 11.4. The van der Waals surface area contributed by atoms with Crippen LogP contribution in [0.5, 0.6) is 0 Å². The molecule has 4 N–H and O–H groups in total. The number of sulfonamides is 2. The molecule has 12 heteroatoms. The summed E-state index contributed by atoms with van der Waals surface area (Å²) in [6, 6.07) is 1.70. The van der Waals surface area contributed by atoms with Gasteiger partial charge in [-0.2, -0.15) is 4.72 Å². The van der Waals surface area contributed by atoms with Crippen molar-refractivity contribution in [2.45, 2.75) is 70.6 Å². The van der Waals surface area contributed by atoms with Crippen LogP contribution in [0.4, 0.5) is 0 Å². The lowest BCUT2D eigenvalue weighted by Gasteiger charge is -2.32. The minimum absolute atomic E-state index is 0.0327. The Morgan fingerprint density at radius 1 is 1.12 bits per heavy atom. The van der Waals surface area contributed by atoms with Crippen molar-refractivity contribution in [2.75, 3.05) is 6.54 Å². The number of fused-ring (bicyclic) bond motifs is 2. The Bertz CT molecular complexity index is 1220. The zero-order valence-electron chi connectivity index (χ0n) is 20.2. The van der Waals surface area contributed by atoms with Crippen LogP contribution in [0.1, 0.15) is 50.3 Å². The van der Waals surface area contributed by atoms with E-state index in [1.165, 1.54) is 5.48 Å². The van der Waals surface area contributed by atoms with Gasteiger partial charge in [0.1, 0.15) is 11.3 Å². The van der Waals surface area contributed by atoms with Crippen LogP contribution >= 0.6 is 0 Å². The van der Waals surface area contributed by atoms with Gasteiger partial charge in [-0.05, 0) is 56.1 Å². The first kappa shape index (κ1) is 26.7. The van der Waals surface area contributed by atoms with Crippen LogP contribution in [0.15, 0.2) is 17.0 Å². The van der Waals surface area contributed by atoms with Crippen molar-refractivity contribution < 1.29 is 31.6 Å². The smallest absolute Gasteiger partial charge is 0.262 e. The maximum atomic E-state index is 13.2. The fraction of sp³-hybridized carbons (Fsp3) is 0.636. The molecule has 2 aliphatic rings. The number of hydroxylamine groups is 1. The SMILES string of the molecule is Cc1cc(C)c(S(=O)(=O)NC(CNS(=O)(=O)C2C(=O)C3(C)CCC2C3(C)C)C(=O)NO)c(C)c1. The first-order valence-electron chi connectivity index (χ1n) is 11.1. The molecular formula is C22H33N3O7S2. The molecule has 1 amide bonds. The van der Waals surface area contributed by atoms with Gasteiger partial charge in [0.15, 0.2) is 5.78 Å². The predicted molar refractivity (Wildman–Crippen MR) is 125 cm³/mol. The highest BCUT2D eigenvalue weighted by molar-refractivity contribution is 7.91. The molecule has 4 unspecified atom stereocenters. The Kier molecular flexibility index (Phi) is 6.81. The Balaban J connectivity index is 1.85. The van der Waals surface area contributed by atoms with Crippen molar-refractivity contribution >= 4 is 31.7 Å². The van der Waals surface area contributed by atoms with Gasteiger partial charge in [0.25, 0.3) is 5.91 Å². The van der Waals surface area contributed by atoms with Gasteiger partial charge in [0.05, 0.1) is 4.90 Å². The number of hydrogen-bond acceptors (Lipinski definition) is 7. The predicted octanol–water partition coefficient (Wildman–Crippen LogP) is 1.08. The average Bonchev–Trinajstić information content (AvgIpc) is 3.01. The van der Waals surface area contributed by atoms with E-state index in [4.69, 9.17) is 5.21 Å². The second-order valence-corrected chi connectivity index (χ2v) is 13.8. The number of Topliss-reactive ketones (excluding diaryl/α,β-unsaturated/α-hetero) is 1.